The SMILES string of the molecule is CC(NCc1ccc(Cl)cc1Oc1ccc(-c2cnc(CN3CCCC3)n2C)cc1)C(=O)NC(COC(C)(C)C)C(=O)N(C)C(Cc1ccc(Cl)cc1)CN(C)C(=O)C(CC(=O)O)[C@H]1CCc2ccccc21. The fourth-order valence-corrected chi connectivity index (χ4v) is 9.97. The Balaban J connectivity index is 1.03. The van der Waals surface area contributed by atoms with Crippen LogP contribution in [0.3, 0.4) is 0 Å². The normalized spacial score (nSPS) is 16.4. The second kappa shape index (κ2) is 24.3. The van der Waals surface area contributed by atoms with E-state index in [0.717, 1.165) is 65.4 Å². The van der Waals surface area contributed by atoms with Crippen LogP contribution in [0.1, 0.15) is 87.4 Å². The van der Waals surface area contributed by atoms with Gasteiger partial charge in [-0.3, -0.25) is 24.1 Å². The number of carboxylic acids is 1. The number of carbonyl (C=O) groups is 4. The summed E-state index contributed by atoms with van der Waals surface area (Å²) in [5.41, 5.74) is 5.15. The molecule has 3 N–H and O–H groups in total. The Bertz CT molecular complexity index is 2660. The number of rotatable bonds is 22. The predicted octanol–water partition coefficient (Wildman–Crippen LogP) is 8.91. The molecule has 1 fully saturated rings. The number of likely N-dealkylation sites (N-methyl/N-ethyl adjacent to an activating group) is 2. The van der Waals surface area contributed by atoms with E-state index in [9.17, 15) is 24.3 Å². The number of halogens is 2. The number of aliphatic carboxylic acids is 1. The van der Waals surface area contributed by atoms with E-state index in [0.29, 0.717) is 34.4 Å². The molecule has 3 amide bonds. The van der Waals surface area contributed by atoms with Crippen LogP contribution in [0.5, 0.6) is 11.5 Å². The van der Waals surface area contributed by atoms with E-state index >= 15 is 0 Å². The molecule has 0 saturated carbocycles. The van der Waals surface area contributed by atoms with E-state index in [4.69, 9.17) is 37.7 Å². The molecule has 0 radical (unpaired) electrons. The third-order valence-corrected chi connectivity index (χ3v) is 14.3. The minimum Gasteiger partial charge on any atom is -0.481 e. The smallest absolute Gasteiger partial charge is 0.304 e. The summed E-state index contributed by atoms with van der Waals surface area (Å²) < 4.78 is 14.7. The van der Waals surface area contributed by atoms with Crippen LogP contribution >= 0.6 is 23.2 Å². The quantitative estimate of drug-likeness (QED) is 0.0612. The van der Waals surface area contributed by atoms with Crippen LogP contribution in [0.2, 0.25) is 10.0 Å². The first-order valence-electron chi connectivity index (χ1n) is 24.9. The molecule has 2 aliphatic rings. The Hall–Kier alpha value is -5.77. The summed E-state index contributed by atoms with van der Waals surface area (Å²) in [5.74, 6) is -1.10. The summed E-state index contributed by atoms with van der Waals surface area (Å²) in [6.45, 7) is 10.6. The number of aryl methyl sites for hydroxylation is 1. The number of nitrogens with one attached hydrogen (secondary N) is 2. The highest BCUT2D eigenvalue weighted by molar-refractivity contribution is 6.31. The highest BCUT2D eigenvalue weighted by Crippen LogP contribution is 2.40. The summed E-state index contributed by atoms with van der Waals surface area (Å²) in [6, 6.07) is 25.9. The fraction of sp³-hybridized carbons (Fsp3) is 0.446. The number of nitrogens with zero attached hydrogens (tertiary/aromatic N) is 5. The van der Waals surface area contributed by atoms with Crippen molar-refractivity contribution in [1.29, 1.82) is 0 Å². The van der Waals surface area contributed by atoms with Crippen LogP contribution in [-0.2, 0) is 56.9 Å². The number of likely N-dealkylation sites (tertiary alicyclic amines) is 1. The highest BCUT2D eigenvalue weighted by Gasteiger charge is 2.39. The number of aromatic nitrogens is 2. The zero-order valence-electron chi connectivity index (χ0n) is 42.5. The lowest BCUT2D eigenvalue weighted by molar-refractivity contribution is -0.146. The van der Waals surface area contributed by atoms with Gasteiger partial charge in [-0.2, -0.15) is 0 Å². The van der Waals surface area contributed by atoms with Crippen LogP contribution in [0, 0.1) is 5.92 Å². The lowest BCUT2D eigenvalue weighted by Crippen LogP contribution is -2.57. The zero-order valence-corrected chi connectivity index (χ0v) is 44.0. The van der Waals surface area contributed by atoms with Gasteiger partial charge in [-0.15, -0.1) is 0 Å². The lowest BCUT2D eigenvalue weighted by Gasteiger charge is -2.36. The molecule has 14 nitrogen and oxygen atoms in total. The molecule has 72 heavy (non-hydrogen) atoms. The zero-order chi connectivity index (χ0) is 51.7. The molecule has 5 aromatic rings. The van der Waals surface area contributed by atoms with Crippen molar-refractivity contribution in [3.63, 3.8) is 0 Å². The fourth-order valence-electron chi connectivity index (χ4n) is 9.68. The van der Waals surface area contributed by atoms with E-state index in [1.54, 1.807) is 55.1 Å². The van der Waals surface area contributed by atoms with Gasteiger partial charge in [0.2, 0.25) is 17.7 Å². The van der Waals surface area contributed by atoms with Crippen LogP contribution in [0.25, 0.3) is 11.3 Å². The molecular formula is C56H69Cl2N7O7. The van der Waals surface area contributed by atoms with Crippen molar-refractivity contribution in [1.82, 2.24) is 34.9 Å². The third-order valence-electron chi connectivity index (χ3n) is 13.9. The van der Waals surface area contributed by atoms with Crippen LogP contribution in [-0.4, -0.2) is 117 Å². The van der Waals surface area contributed by atoms with Crippen molar-refractivity contribution >= 4 is 46.9 Å². The van der Waals surface area contributed by atoms with Crippen LogP contribution in [0.15, 0.2) is 97.2 Å². The van der Waals surface area contributed by atoms with Gasteiger partial charge in [-0.05, 0) is 144 Å². The topological polar surface area (TPSA) is 159 Å². The summed E-state index contributed by atoms with van der Waals surface area (Å²) in [5, 5.41) is 17.3. The van der Waals surface area contributed by atoms with Gasteiger partial charge in [-0.1, -0.05) is 65.7 Å². The molecule has 1 saturated heterocycles. The van der Waals surface area contributed by atoms with E-state index in [2.05, 4.69) is 20.1 Å². The van der Waals surface area contributed by atoms with Crippen molar-refractivity contribution in [2.75, 3.05) is 40.3 Å². The standard InChI is InChI=1S/C56H69Cl2N7O7/c1-36(59-31-40-16-22-42(58)29-50(40)72-44-23-17-39(18-24-44)49-32-60-51(64(49)7)34-65-26-10-11-27-65)53(68)61-48(35-71-56(2,3)4)55(70)63(6)43(28-37-14-20-41(57)21-15-37)33-62(5)54(69)47(30-52(66)67)46-25-19-38-12-8-9-13-45(38)46/h8-9,12-18,20-24,29,32,36,43,46-48,59H,10-11,19,25-28,30-31,33-35H2,1-7H3,(H,61,68)(H,66,67)/t36?,43?,46-,47?,48?/m0/s1. The number of hydrogen-bond acceptors (Lipinski definition) is 9. The van der Waals surface area contributed by atoms with Crippen molar-refractivity contribution in [3.05, 3.63) is 135 Å². The summed E-state index contributed by atoms with van der Waals surface area (Å²) in [4.78, 5) is 65.7. The molecule has 384 valence electrons. The summed E-state index contributed by atoms with van der Waals surface area (Å²) >= 11 is 12.7. The first-order chi connectivity index (χ1) is 34.3. The van der Waals surface area contributed by atoms with Crippen molar-refractivity contribution in [2.24, 2.45) is 13.0 Å². The third kappa shape index (κ3) is 14.3. The van der Waals surface area contributed by atoms with Gasteiger partial charge in [0.15, 0.2) is 0 Å². The van der Waals surface area contributed by atoms with Gasteiger partial charge < -0.3 is 39.6 Å². The Kier molecular flexibility index (Phi) is 18.2. The van der Waals surface area contributed by atoms with Gasteiger partial charge in [-0.25, -0.2) is 4.98 Å². The van der Waals surface area contributed by atoms with E-state index in [-0.39, 0.29) is 37.9 Å². The number of hydrogen-bond donors (Lipinski definition) is 3. The van der Waals surface area contributed by atoms with Crippen molar-refractivity contribution in [2.45, 2.75) is 109 Å². The minimum absolute atomic E-state index is 0.0900. The predicted molar refractivity (Wildman–Crippen MR) is 281 cm³/mol. The van der Waals surface area contributed by atoms with Crippen LogP contribution in [0.4, 0.5) is 0 Å². The van der Waals surface area contributed by atoms with Gasteiger partial charge in [0.25, 0.3) is 0 Å². The van der Waals surface area contributed by atoms with Crippen molar-refractivity contribution in [3.8, 4) is 22.8 Å². The van der Waals surface area contributed by atoms with Gasteiger partial charge in [0, 0.05) is 55.4 Å². The number of carboxylic acid groups (broad SMARTS) is 1. The maximum absolute atomic E-state index is 14.8. The van der Waals surface area contributed by atoms with E-state index in [1.807, 2.05) is 101 Å². The number of amides is 3. The first kappa shape index (κ1) is 54.0. The molecule has 1 aliphatic carbocycles. The van der Waals surface area contributed by atoms with Gasteiger partial charge >= 0.3 is 5.97 Å². The minimum atomic E-state index is -1.10. The Morgan fingerprint density at radius 2 is 1.61 bits per heavy atom. The molecule has 4 unspecified atom stereocenters. The molecule has 0 spiro atoms. The summed E-state index contributed by atoms with van der Waals surface area (Å²) in [6.07, 6.45) is 5.82. The Labute approximate surface area is 434 Å². The molecular weight excluding hydrogens is 954 g/mol. The van der Waals surface area contributed by atoms with E-state index < -0.39 is 47.4 Å². The molecule has 4 aromatic carbocycles. The number of benzene rings is 4. The average Bonchev–Trinajstić information content (AvgIpc) is 4.12. The largest absolute Gasteiger partial charge is 0.481 e. The Morgan fingerprint density at radius 3 is 2.31 bits per heavy atom. The molecule has 7 rings (SSSR count). The first-order valence-corrected chi connectivity index (χ1v) is 25.6. The van der Waals surface area contributed by atoms with Crippen molar-refractivity contribution < 1.29 is 33.8 Å². The number of ether oxygens (including phenoxy) is 2. The second-order valence-electron chi connectivity index (χ2n) is 20.3. The lowest BCUT2D eigenvalue weighted by atomic mass is 9.84. The van der Waals surface area contributed by atoms with E-state index in [1.165, 1.54) is 12.8 Å². The highest BCUT2D eigenvalue weighted by atomic mass is 35.5. The summed E-state index contributed by atoms with van der Waals surface area (Å²) in [7, 11) is 5.36. The molecule has 0 bridgehead atoms. The number of fused-ring (bicyclic) bond motifs is 1. The maximum atomic E-state index is 14.8. The number of imidazole rings is 1. The molecule has 16 heteroatoms. The number of carbonyl (C=O) groups excluding carboxylic acids is 3. The molecule has 2 heterocycles. The maximum Gasteiger partial charge on any atom is 0.304 e. The average molecular weight is 1020 g/mol. The van der Waals surface area contributed by atoms with Crippen LogP contribution < -0.4 is 15.4 Å². The van der Waals surface area contributed by atoms with Gasteiger partial charge in [0.05, 0.1) is 55.1 Å². The second-order valence-corrected chi connectivity index (χ2v) is 21.1. The monoisotopic (exact) mass is 1020 g/mol. The molecule has 1 aliphatic heterocycles. The molecule has 1 aromatic heterocycles. The van der Waals surface area contributed by atoms with Gasteiger partial charge in [0.1, 0.15) is 23.4 Å². The Morgan fingerprint density at radius 1 is 0.917 bits per heavy atom. The molecule has 5 atom stereocenters.